The summed E-state index contributed by atoms with van der Waals surface area (Å²) in [7, 11) is 0. The van der Waals surface area contributed by atoms with Gasteiger partial charge in [-0.1, -0.05) is 42.8 Å². The highest BCUT2D eigenvalue weighted by molar-refractivity contribution is 6.30. The molecule has 1 unspecified atom stereocenters. The summed E-state index contributed by atoms with van der Waals surface area (Å²) in [5.41, 5.74) is 1.75. The predicted molar refractivity (Wildman–Crippen MR) is 90.5 cm³/mol. The van der Waals surface area contributed by atoms with E-state index in [9.17, 15) is 4.79 Å². The lowest BCUT2D eigenvalue weighted by molar-refractivity contribution is -0.123. The van der Waals surface area contributed by atoms with Gasteiger partial charge in [0, 0.05) is 5.02 Å². The Labute approximate surface area is 141 Å². The first-order chi connectivity index (χ1) is 11.1. The molecule has 5 heteroatoms. The minimum absolute atomic E-state index is 0.0577. The molecule has 0 spiro atoms. The highest BCUT2D eigenvalue weighted by Gasteiger charge is 2.13. The second-order valence-corrected chi connectivity index (χ2v) is 5.61. The molecule has 0 radical (unpaired) electrons. The Hall–Kier alpha value is -2.04. The summed E-state index contributed by atoms with van der Waals surface area (Å²) in [6, 6.07) is 14.4. The Morgan fingerprint density at radius 2 is 2.00 bits per heavy atom. The fourth-order valence-corrected chi connectivity index (χ4v) is 2.36. The first kappa shape index (κ1) is 17.3. The van der Waals surface area contributed by atoms with Crippen LogP contribution in [-0.2, 0) is 11.4 Å². The number of aliphatic hydroxyl groups is 1. The van der Waals surface area contributed by atoms with Crippen molar-refractivity contribution in [3.63, 3.8) is 0 Å². The van der Waals surface area contributed by atoms with E-state index in [0.717, 1.165) is 17.5 Å². The fourth-order valence-electron chi connectivity index (χ4n) is 2.23. The van der Waals surface area contributed by atoms with Crippen LogP contribution in [-0.4, -0.2) is 17.6 Å². The molecule has 23 heavy (non-hydrogen) atoms. The summed E-state index contributed by atoms with van der Waals surface area (Å²) in [6.45, 7) is 1.88. The molecule has 0 aliphatic rings. The van der Waals surface area contributed by atoms with Crippen LogP contribution in [0.3, 0.4) is 0 Å². The Balaban J connectivity index is 1.90. The van der Waals surface area contributed by atoms with Crippen molar-refractivity contribution in [1.29, 1.82) is 0 Å². The van der Waals surface area contributed by atoms with Gasteiger partial charge >= 0.3 is 0 Å². The normalized spacial score (nSPS) is 11.8. The second kappa shape index (κ2) is 8.56. The summed E-state index contributed by atoms with van der Waals surface area (Å²) in [5, 5.41) is 12.7. The number of hydrogen-bond acceptors (Lipinski definition) is 3. The third-order valence-electron chi connectivity index (χ3n) is 3.47. The summed E-state index contributed by atoms with van der Waals surface area (Å²) in [4.78, 5) is 12.1. The van der Waals surface area contributed by atoms with Crippen LogP contribution in [0.2, 0.25) is 5.02 Å². The highest BCUT2D eigenvalue weighted by atomic mass is 35.5. The fraction of sp³-hybridized carbons (Fsp3) is 0.278. The standard InChI is InChI=1S/C18H20ClNO3/c1-2-17(14-6-8-15(19)9-7-14)20-18(22)12-23-16-5-3-4-13(10-16)11-21/h3-10,17,21H,2,11-12H2,1H3,(H,20,22). The van der Waals surface area contributed by atoms with Gasteiger partial charge in [-0.05, 0) is 41.8 Å². The van der Waals surface area contributed by atoms with E-state index in [0.29, 0.717) is 10.8 Å². The van der Waals surface area contributed by atoms with Crippen molar-refractivity contribution >= 4 is 17.5 Å². The number of carbonyl (C=O) groups is 1. The molecule has 0 aromatic heterocycles. The van der Waals surface area contributed by atoms with E-state index in [2.05, 4.69) is 5.32 Å². The molecule has 0 heterocycles. The van der Waals surface area contributed by atoms with E-state index in [1.54, 1.807) is 24.3 Å². The van der Waals surface area contributed by atoms with E-state index >= 15 is 0 Å². The molecule has 122 valence electrons. The zero-order valence-corrected chi connectivity index (χ0v) is 13.7. The van der Waals surface area contributed by atoms with Gasteiger partial charge in [0.05, 0.1) is 12.6 Å². The lowest BCUT2D eigenvalue weighted by atomic mass is 10.0. The van der Waals surface area contributed by atoms with Crippen LogP contribution in [0, 0.1) is 0 Å². The molecule has 1 amide bonds. The van der Waals surface area contributed by atoms with Crippen LogP contribution in [0.5, 0.6) is 5.75 Å². The van der Waals surface area contributed by atoms with Crippen molar-refractivity contribution in [3.8, 4) is 5.75 Å². The Morgan fingerprint density at radius 3 is 2.65 bits per heavy atom. The molecule has 2 N–H and O–H groups in total. The molecule has 0 aliphatic carbocycles. The molecular formula is C18H20ClNO3. The van der Waals surface area contributed by atoms with Crippen LogP contribution < -0.4 is 10.1 Å². The molecule has 2 rings (SSSR count). The van der Waals surface area contributed by atoms with Gasteiger partial charge in [-0.25, -0.2) is 0 Å². The molecule has 2 aromatic rings. The second-order valence-electron chi connectivity index (χ2n) is 5.17. The number of benzene rings is 2. The summed E-state index contributed by atoms with van der Waals surface area (Å²) in [6.07, 6.45) is 0.771. The summed E-state index contributed by atoms with van der Waals surface area (Å²) < 4.78 is 5.47. The molecule has 0 fully saturated rings. The van der Waals surface area contributed by atoms with Gasteiger partial charge in [-0.3, -0.25) is 4.79 Å². The third-order valence-corrected chi connectivity index (χ3v) is 3.72. The Kier molecular flexibility index (Phi) is 6.44. The molecule has 0 bridgehead atoms. The van der Waals surface area contributed by atoms with Crippen LogP contribution in [0.1, 0.15) is 30.5 Å². The SMILES string of the molecule is CCC(NC(=O)COc1cccc(CO)c1)c1ccc(Cl)cc1. The number of carbonyl (C=O) groups excluding carboxylic acids is 1. The topological polar surface area (TPSA) is 58.6 Å². The monoisotopic (exact) mass is 333 g/mol. The minimum atomic E-state index is -0.193. The average Bonchev–Trinajstić information content (AvgIpc) is 2.59. The van der Waals surface area contributed by atoms with Gasteiger partial charge in [0.2, 0.25) is 0 Å². The first-order valence-corrected chi connectivity index (χ1v) is 7.87. The van der Waals surface area contributed by atoms with Crippen LogP contribution in [0.15, 0.2) is 48.5 Å². The maximum atomic E-state index is 12.1. The highest BCUT2D eigenvalue weighted by Crippen LogP contribution is 2.19. The smallest absolute Gasteiger partial charge is 0.258 e. The van der Waals surface area contributed by atoms with Gasteiger partial charge in [0.1, 0.15) is 5.75 Å². The van der Waals surface area contributed by atoms with Crippen molar-refractivity contribution in [2.75, 3.05) is 6.61 Å². The minimum Gasteiger partial charge on any atom is -0.484 e. The van der Waals surface area contributed by atoms with Crippen molar-refractivity contribution in [2.45, 2.75) is 26.0 Å². The maximum Gasteiger partial charge on any atom is 0.258 e. The molecule has 0 saturated carbocycles. The number of hydrogen-bond donors (Lipinski definition) is 2. The quantitative estimate of drug-likeness (QED) is 0.815. The predicted octanol–water partition coefficient (Wildman–Crippen LogP) is 3.48. The lowest BCUT2D eigenvalue weighted by Crippen LogP contribution is -2.32. The zero-order valence-electron chi connectivity index (χ0n) is 13.0. The van der Waals surface area contributed by atoms with Gasteiger partial charge in [0.15, 0.2) is 6.61 Å². The van der Waals surface area contributed by atoms with Crippen molar-refractivity contribution in [3.05, 3.63) is 64.7 Å². The first-order valence-electron chi connectivity index (χ1n) is 7.49. The lowest BCUT2D eigenvalue weighted by Gasteiger charge is -2.18. The maximum absolute atomic E-state index is 12.1. The number of ether oxygens (including phenoxy) is 1. The Morgan fingerprint density at radius 1 is 1.26 bits per heavy atom. The van der Waals surface area contributed by atoms with E-state index in [1.807, 2.05) is 31.2 Å². The molecule has 2 aromatic carbocycles. The number of halogens is 1. The number of rotatable bonds is 7. The molecule has 0 saturated heterocycles. The summed E-state index contributed by atoms with van der Waals surface area (Å²) >= 11 is 5.88. The van der Waals surface area contributed by atoms with E-state index in [4.69, 9.17) is 21.4 Å². The molecule has 1 atom stereocenters. The van der Waals surface area contributed by atoms with Crippen LogP contribution in [0.25, 0.3) is 0 Å². The van der Waals surface area contributed by atoms with Gasteiger partial charge in [-0.2, -0.15) is 0 Å². The van der Waals surface area contributed by atoms with Gasteiger partial charge in [0.25, 0.3) is 5.91 Å². The van der Waals surface area contributed by atoms with E-state index in [1.165, 1.54) is 0 Å². The zero-order chi connectivity index (χ0) is 16.7. The Bertz CT molecular complexity index is 643. The molecule has 0 aliphatic heterocycles. The number of aliphatic hydroxyl groups excluding tert-OH is 1. The molecular weight excluding hydrogens is 314 g/mol. The van der Waals surface area contributed by atoms with Crippen molar-refractivity contribution in [2.24, 2.45) is 0 Å². The number of amides is 1. The largest absolute Gasteiger partial charge is 0.484 e. The van der Waals surface area contributed by atoms with E-state index < -0.39 is 0 Å². The number of nitrogens with one attached hydrogen (secondary N) is 1. The van der Waals surface area contributed by atoms with Crippen molar-refractivity contribution < 1.29 is 14.6 Å². The van der Waals surface area contributed by atoms with Crippen molar-refractivity contribution in [1.82, 2.24) is 5.32 Å². The van der Waals surface area contributed by atoms with Crippen LogP contribution >= 0.6 is 11.6 Å². The van der Waals surface area contributed by atoms with E-state index in [-0.39, 0.29) is 25.2 Å². The van der Waals surface area contributed by atoms with Gasteiger partial charge in [-0.15, -0.1) is 0 Å². The summed E-state index contributed by atoms with van der Waals surface area (Å²) in [5.74, 6) is 0.368. The molecule has 4 nitrogen and oxygen atoms in total. The average molecular weight is 334 g/mol. The third kappa shape index (κ3) is 5.27. The van der Waals surface area contributed by atoms with Gasteiger partial charge < -0.3 is 15.2 Å². The van der Waals surface area contributed by atoms with Crippen LogP contribution in [0.4, 0.5) is 0 Å².